The number of nitrogens with zero attached hydrogens (tertiary/aromatic N) is 1. The lowest BCUT2D eigenvalue weighted by molar-refractivity contribution is 0.102. The molecule has 1 heterocycles. The van der Waals surface area contributed by atoms with Gasteiger partial charge in [-0.15, -0.1) is 0 Å². The zero-order valence-electron chi connectivity index (χ0n) is 15.4. The van der Waals surface area contributed by atoms with Crippen LogP contribution in [-0.2, 0) is 0 Å². The number of anilines is 1. The van der Waals surface area contributed by atoms with Crippen molar-refractivity contribution in [1.82, 2.24) is 9.55 Å². The number of hydrogen-bond donors (Lipinski definition) is 2. The highest BCUT2D eigenvalue weighted by Crippen LogP contribution is 2.21. The van der Waals surface area contributed by atoms with Gasteiger partial charge in [-0.2, -0.15) is 0 Å². The van der Waals surface area contributed by atoms with Crippen molar-refractivity contribution < 1.29 is 13.6 Å². The highest BCUT2D eigenvalue weighted by molar-refractivity contribution is 7.71. The van der Waals surface area contributed by atoms with Crippen LogP contribution >= 0.6 is 35.4 Å². The summed E-state index contributed by atoms with van der Waals surface area (Å²) >= 11 is 16.8. The van der Waals surface area contributed by atoms with Crippen molar-refractivity contribution >= 4 is 57.9 Å². The molecule has 0 saturated carbocycles. The van der Waals surface area contributed by atoms with Gasteiger partial charge in [-0.3, -0.25) is 14.2 Å². The van der Waals surface area contributed by atoms with Gasteiger partial charge in [0.15, 0.2) is 4.77 Å². The summed E-state index contributed by atoms with van der Waals surface area (Å²) in [5.74, 6) is -1.71. The van der Waals surface area contributed by atoms with E-state index in [9.17, 15) is 18.4 Å². The number of rotatable bonds is 3. The molecule has 0 spiro atoms. The largest absolute Gasteiger partial charge is 0.331 e. The van der Waals surface area contributed by atoms with E-state index in [1.165, 1.54) is 47.0 Å². The molecule has 5 nitrogen and oxygen atoms in total. The number of benzene rings is 3. The number of fused-ring (bicyclic) bond motifs is 1. The molecule has 156 valence electrons. The topological polar surface area (TPSA) is 66.9 Å². The van der Waals surface area contributed by atoms with Crippen molar-refractivity contribution in [2.24, 2.45) is 0 Å². The van der Waals surface area contributed by atoms with E-state index in [1.807, 2.05) is 0 Å². The van der Waals surface area contributed by atoms with Gasteiger partial charge in [-0.05, 0) is 66.8 Å². The monoisotopic (exact) mass is 477 g/mol. The van der Waals surface area contributed by atoms with Gasteiger partial charge in [0, 0.05) is 11.3 Å². The van der Waals surface area contributed by atoms with Crippen molar-refractivity contribution in [2.75, 3.05) is 5.32 Å². The molecular weight excluding hydrogens is 467 g/mol. The Morgan fingerprint density at radius 2 is 1.65 bits per heavy atom. The summed E-state index contributed by atoms with van der Waals surface area (Å²) in [6.07, 6.45) is 0. The number of halogens is 4. The summed E-state index contributed by atoms with van der Waals surface area (Å²) < 4.78 is 28.0. The Hall–Kier alpha value is -3.07. The maximum Gasteiger partial charge on any atom is 0.266 e. The van der Waals surface area contributed by atoms with Crippen LogP contribution in [0.5, 0.6) is 0 Å². The average Bonchev–Trinajstić information content (AvgIpc) is 2.73. The maximum atomic E-state index is 13.5. The fraction of sp³-hybridized carbons (Fsp3) is 0. The first kappa shape index (κ1) is 21.2. The molecule has 2 N–H and O–H groups in total. The fourth-order valence-electron chi connectivity index (χ4n) is 2.99. The lowest BCUT2D eigenvalue weighted by Crippen LogP contribution is -2.21. The zero-order chi connectivity index (χ0) is 22.3. The predicted octanol–water partition coefficient (Wildman–Crippen LogP) is 5.89. The first-order valence-corrected chi connectivity index (χ1v) is 9.92. The van der Waals surface area contributed by atoms with Gasteiger partial charge in [-0.1, -0.05) is 23.2 Å². The third-order valence-corrected chi connectivity index (χ3v) is 5.36. The van der Waals surface area contributed by atoms with E-state index in [0.29, 0.717) is 16.9 Å². The van der Waals surface area contributed by atoms with Crippen molar-refractivity contribution in [1.29, 1.82) is 0 Å². The molecule has 0 radical (unpaired) electrons. The van der Waals surface area contributed by atoms with Crippen LogP contribution in [0.2, 0.25) is 10.0 Å². The van der Waals surface area contributed by atoms with Crippen LogP contribution in [0.3, 0.4) is 0 Å². The zero-order valence-corrected chi connectivity index (χ0v) is 17.7. The molecule has 0 bridgehead atoms. The Labute approximate surface area is 188 Å². The molecule has 0 unspecified atom stereocenters. The van der Waals surface area contributed by atoms with E-state index in [1.54, 1.807) is 0 Å². The number of carbonyl (C=O) groups excluding carboxylic acids is 1. The average molecular weight is 478 g/mol. The highest BCUT2D eigenvalue weighted by atomic mass is 35.5. The third-order valence-electron chi connectivity index (χ3n) is 4.50. The molecular formula is C21H11Cl2F2N3O2S. The second-order valence-corrected chi connectivity index (χ2v) is 7.71. The first-order chi connectivity index (χ1) is 14.7. The maximum absolute atomic E-state index is 13.5. The molecule has 0 aliphatic carbocycles. The third kappa shape index (κ3) is 4.10. The molecule has 31 heavy (non-hydrogen) atoms. The minimum atomic E-state index is -0.618. The van der Waals surface area contributed by atoms with E-state index >= 15 is 0 Å². The van der Waals surface area contributed by atoms with Crippen molar-refractivity contribution in [3.8, 4) is 5.69 Å². The molecule has 3 aromatic carbocycles. The summed E-state index contributed by atoms with van der Waals surface area (Å²) in [6, 6.07) is 12.0. The molecule has 4 aromatic rings. The Morgan fingerprint density at radius 1 is 0.968 bits per heavy atom. The van der Waals surface area contributed by atoms with Gasteiger partial charge < -0.3 is 10.3 Å². The van der Waals surface area contributed by atoms with Crippen LogP contribution in [0, 0.1) is 16.4 Å². The Morgan fingerprint density at radius 3 is 2.32 bits per heavy atom. The molecule has 1 amide bonds. The lowest BCUT2D eigenvalue weighted by atomic mass is 10.1. The molecule has 1 aromatic heterocycles. The smallest absolute Gasteiger partial charge is 0.266 e. The molecule has 0 fully saturated rings. The number of hydrogen-bond acceptors (Lipinski definition) is 3. The summed E-state index contributed by atoms with van der Waals surface area (Å²) in [6.45, 7) is 0. The number of nitrogens with one attached hydrogen (secondary N) is 2. The number of H-pyrrole nitrogens is 1. The quantitative estimate of drug-likeness (QED) is 0.361. The lowest BCUT2D eigenvalue weighted by Gasteiger charge is -2.10. The minimum Gasteiger partial charge on any atom is -0.331 e. The van der Waals surface area contributed by atoms with Gasteiger partial charge in [0.25, 0.3) is 11.5 Å². The normalized spacial score (nSPS) is 11.0. The number of aromatic amines is 1. The predicted molar refractivity (Wildman–Crippen MR) is 119 cm³/mol. The second kappa shape index (κ2) is 8.22. The molecule has 0 saturated heterocycles. The van der Waals surface area contributed by atoms with Crippen LogP contribution in [0.15, 0.2) is 59.4 Å². The van der Waals surface area contributed by atoms with Crippen LogP contribution in [-0.4, -0.2) is 15.5 Å². The van der Waals surface area contributed by atoms with Crippen molar-refractivity contribution in [3.63, 3.8) is 0 Å². The summed E-state index contributed by atoms with van der Waals surface area (Å²) in [4.78, 5) is 28.4. The van der Waals surface area contributed by atoms with Crippen LogP contribution in [0.1, 0.15) is 10.4 Å². The number of carbonyl (C=O) groups is 1. The van der Waals surface area contributed by atoms with Crippen LogP contribution in [0.4, 0.5) is 14.5 Å². The minimum absolute atomic E-state index is 0.0445. The number of aromatic nitrogens is 2. The first-order valence-electron chi connectivity index (χ1n) is 8.75. The Bertz CT molecular complexity index is 1480. The summed E-state index contributed by atoms with van der Waals surface area (Å²) in [5.41, 5.74) is 0.728. The van der Waals surface area contributed by atoms with E-state index in [0.717, 1.165) is 12.1 Å². The van der Waals surface area contributed by atoms with E-state index in [-0.39, 0.29) is 25.8 Å². The Balaban J connectivity index is 1.74. The Kier molecular flexibility index (Phi) is 5.62. The van der Waals surface area contributed by atoms with Crippen molar-refractivity contribution in [2.45, 2.75) is 0 Å². The second-order valence-electron chi connectivity index (χ2n) is 6.51. The van der Waals surface area contributed by atoms with Gasteiger partial charge >= 0.3 is 0 Å². The number of amides is 1. The van der Waals surface area contributed by atoms with Crippen LogP contribution in [0.25, 0.3) is 16.6 Å². The van der Waals surface area contributed by atoms with E-state index < -0.39 is 23.1 Å². The van der Waals surface area contributed by atoms with Crippen LogP contribution < -0.4 is 10.9 Å². The fourth-order valence-corrected chi connectivity index (χ4v) is 3.65. The van der Waals surface area contributed by atoms with E-state index in [4.69, 9.17) is 35.4 Å². The van der Waals surface area contributed by atoms with Gasteiger partial charge in [-0.25, -0.2) is 8.78 Å². The van der Waals surface area contributed by atoms with E-state index in [2.05, 4.69) is 10.3 Å². The molecule has 10 heteroatoms. The summed E-state index contributed by atoms with van der Waals surface area (Å²) in [7, 11) is 0. The molecule has 0 atom stereocenters. The molecule has 4 rings (SSSR count). The van der Waals surface area contributed by atoms with Crippen molar-refractivity contribution in [3.05, 3.63) is 97.0 Å². The van der Waals surface area contributed by atoms with Gasteiger partial charge in [0.05, 0.1) is 26.6 Å². The standard InChI is InChI=1S/C21H11Cl2F2N3O2S/c22-14-8-11(2-5-16(14)24)26-19(29)10-1-4-13-18(7-10)27-21(31)28(20(13)30)12-3-6-17(25)15(23)9-12/h1-9H,(H,26,29)(H,27,31). The molecule has 0 aliphatic heterocycles. The SMILES string of the molecule is O=C(Nc1ccc(F)c(Cl)c1)c1ccc2c(=O)n(-c3ccc(F)c(Cl)c3)c(=S)[nH]c2c1. The highest BCUT2D eigenvalue weighted by Gasteiger charge is 2.13. The van der Waals surface area contributed by atoms with Gasteiger partial charge in [0.2, 0.25) is 0 Å². The molecule has 0 aliphatic rings. The summed E-state index contributed by atoms with van der Waals surface area (Å²) in [5, 5.41) is 2.60. The van der Waals surface area contributed by atoms with Gasteiger partial charge in [0.1, 0.15) is 11.6 Å².